The van der Waals surface area contributed by atoms with Gasteiger partial charge in [-0.15, -0.1) is 0 Å². The van der Waals surface area contributed by atoms with Crippen LogP contribution in [0.4, 0.5) is 16.0 Å². The smallest absolute Gasteiger partial charge is 0.330 e. The predicted octanol–water partition coefficient (Wildman–Crippen LogP) is 2.55. The molecule has 0 unspecified atom stereocenters. The fraction of sp³-hybridized carbons (Fsp3) is 0.429. The molecule has 1 fully saturated rings. The van der Waals surface area contributed by atoms with Gasteiger partial charge in [0, 0.05) is 25.9 Å². The predicted molar refractivity (Wildman–Crippen MR) is 114 cm³/mol. The molecule has 3 aromatic rings. The van der Waals surface area contributed by atoms with E-state index in [1.165, 1.54) is 16.7 Å². The number of imidazole rings is 1. The Morgan fingerprint density at radius 2 is 2.00 bits per heavy atom. The zero-order valence-electron chi connectivity index (χ0n) is 17.7. The molecular formula is C21H25FN6O3. The van der Waals surface area contributed by atoms with E-state index in [2.05, 4.69) is 15.3 Å². The molecule has 1 saturated carbocycles. The molecule has 0 saturated heterocycles. The standard InChI is InChI=1S/C21H25FN6O3/c1-11-8-14(18(23)29)15(22)9-16(11)25-20-24-10-17-19(26-20)28(21(30)27(17)2)12-4-6-13(31-3)7-5-12/h8-10,12-13H,4-7H2,1-3H3,(H2,23,29)(H,24,25,26). The maximum atomic E-state index is 14.2. The first kappa shape index (κ1) is 21.0. The van der Waals surface area contributed by atoms with Gasteiger partial charge in [0.15, 0.2) is 5.65 Å². The second kappa shape index (κ2) is 8.10. The van der Waals surface area contributed by atoms with Gasteiger partial charge in [0.25, 0.3) is 5.91 Å². The van der Waals surface area contributed by atoms with E-state index >= 15 is 0 Å². The van der Waals surface area contributed by atoms with Gasteiger partial charge in [0.1, 0.15) is 11.3 Å². The minimum Gasteiger partial charge on any atom is -0.381 e. The number of amides is 1. The third kappa shape index (κ3) is 3.78. The normalized spacial score (nSPS) is 19.0. The number of carbonyl (C=O) groups excluding carboxylic acids is 1. The molecule has 1 aliphatic carbocycles. The van der Waals surface area contributed by atoms with Crippen molar-refractivity contribution < 1.29 is 13.9 Å². The van der Waals surface area contributed by atoms with Crippen LogP contribution >= 0.6 is 0 Å². The molecule has 0 radical (unpaired) electrons. The van der Waals surface area contributed by atoms with Crippen LogP contribution in [0.1, 0.15) is 47.6 Å². The summed E-state index contributed by atoms with van der Waals surface area (Å²) < 4.78 is 22.9. The summed E-state index contributed by atoms with van der Waals surface area (Å²) in [5.41, 5.74) is 7.05. The minimum absolute atomic E-state index is 0.0272. The lowest BCUT2D eigenvalue weighted by Crippen LogP contribution is -2.30. The van der Waals surface area contributed by atoms with Crippen molar-refractivity contribution in [2.45, 2.75) is 44.8 Å². The molecule has 1 aliphatic rings. The van der Waals surface area contributed by atoms with Crippen LogP contribution in [0.25, 0.3) is 11.2 Å². The third-order valence-electron chi connectivity index (χ3n) is 6.00. The first-order chi connectivity index (χ1) is 14.8. The van der Waals surface area contributed by atoms with E-state index in [1.807, 2.05) is 0 Å². The summed E-state index contributed by atoms with van der Waals surface area (Å²) in [5.74, 6) is -1.33. The van der Waals surface area contributed by atoms with E-state index < -0.39 is 11.7 Å². The maximum Gasteiger partial charge on any atom is 0.330 e. The van der Waals surface area contributed by atoms with Crippen LogP contribution < -0.4 is 16.7 Å². The van der Waals surface area contributed by atoms with Gasteiger partial charge < -0.3 is 15.8 Å². The average Bonchev–Trinajstić information content (AvgIpc) is 3.00. The first-order valence-corrected chi connectivity index (χ1v) is 10.1. The van der Waals surface area contributed by atoms with Gasteiger partial charge in [-0.25, -0.2) is 14.2 Å². The van der Waals surface area contributed by atoms with Crippen LogP contribution in [0.2, 0.25) is 0 Å². The number of benzene rings is 1. The SMILES string of the molecule is COC1CCC(n2c(=O)n(C)c3cnc(Nc4cc(F)c(C(N)=O)cc4C)nc32)CC1. The third-order valence-corrected chi connectivity index (χ3v) is 6.00. The summed E-state index contributed by atoms with van der Waals surface area (Å²) in [6.07, 6.45) is 5.20. The van der Waals surface area contributed by atoms with Crippen LogP contribution in [0.5, 0.6) is 0 Å². The number of nitrogens with two attached hydrogens (primary N) is 1. The number of primary amides is 1. The van der Waals surface area contributed by atoms with E-state index in [1.54, 1.807) is 31.8 Å². The Morgan fingerprint density at radius 3 is 2.65 bits per heavy atom. The molecule has 0 aliphatic heterocycles. The zero-order valence-corrected chi connectivity index (χ0v) is 17.7. The molecule has 10 heteroatoms. The summed E-state index contributed by atoms with van der Waals surface area (Å²) in [6.45, 7) is 1.72. The molecule has 31 heavy (non-hydrogen) atoms. The van der Waals surface area contributed by atoms with Crippen LogP contribution in [0.3, 0.4) is 0 Å². The van der Waals surface area contributed by atoms with E-state index in [0.717, 1.165) is 25.7 Å². The van der Waals surface area contributed by atoms with E-state index in [-0.39, 0.29) is 29.3 Å². The second-order valence-electron chi connectivity index (χ2n) is 7.92. The quantitative estimate of drug-likeness (QED) is 0.645. The highest BCUT2D eigenvalue weighted by molar-refractivity contribution is 5.94. The topological polar surface area (TPSA) is 117 Å². The molecule has 2 aromatic heterocycles. The lowest BCUT2D eigenvalue weighted by molar-refractivity contribution is 0.0584. The second-order valence-corrected chi connectivity index (χ2v) is 7.92. The number of halogens is 1. The van der Waals surface area contributed by atoms with E-state index in [9.17, 15) is 14.0 Å². The van der Waals surface area contributed by atoms with Crippen LogP contribution in [0, 0.1) is 12.7 Å². The Kier molecular flexibility index (Phi) is 5.48. The fourth-order valence-corrected chi connectivity index (χ4v) is 4.19. The van der Waals surface area contributed by atoms with Crippen molar-refractivity contribution in [1.29, 1.82) is 0 Å². The number of hydrogen-bond acceptors (Lipinski definition) is 6. The Balaban J connectivity index is 1.71. The molecule has 9 nitrogen and oxygen atoms in total. The molecule has 1 amide bonds. The number of fused-ring (bicyclic) bond motifs is 1. The average molecular weight is 428 g/mol. The van der Waals surface area contributed by atoms with Crippen molar-refractivity contribution in [3.63, 3.8) is 0 Å². The lowest BCUT2D eigenvalue weighted by atomic mass is 9.93. The number of methoxy groups -OCH3 is 1. The summed E-state index contributed by atoms with van der Waals surface area (Å²) in [4.78, 5) is 33.1. The highest BCUT2D eigenvalue weighted by Crippen LogP contribution is 2.31. The summed E-state index contributed by atoms with van der Waals surface area (Å²) in [7, 11) is 3.40. The van der Waals surface area contributed by atoms with Crippen molar-refractivity contribution in [1.82, 2.24) is 19.1 Å². The molecule has 4 rings (SSSR count). The highest BCUT2D eigenvalue weighted by atomic mass is 19.1. The van der Waals surface area contributed by atoms with Crippen LogP contribution in [0.15, 0.2) is 23.1 Å². The van der Waals surface area contributed by atoms with Crippen molar-refractivity contribution >= 4 is 28.7 Å². The van der Waals surface area contributed by atoms with E-state index in [4.69, 9.17) is 10.5 Å². The molecule has 164 valence electrons. The molecule has 3 N–H and O–H groups in total. The number of nitrogens with zero attached hydrogens (tertiary/aromatic N) is 4. The molecule has 0 spiro atoms. The van der Waals surface area contributed by atoms with Gasteiger partial charge in [-0.3, -0.25) is 13.9 Å². The van der Waals surface area contributed by atoms with Crippen molar-refractivity contribution in [3.05, 3.63) is 45.8 Å². The lowest BCUT2D eigenvalue weighted by Gasteiger charge is -2.28. The molecule has 0 atom stereocenters. The zero-order chi connectivity index (χ0) is 22.3. The van der Waals surface area contributed by atoms with Crippen molar-refractivity contribution in [3.8, 4) is 0 Å². The van der Waals surface area contributed by atoms with Crippen molar-refractivity contribution in [2.24, 2.45) is 12.8 Å². The number of aromatic nitrogens is 4. The number of aryl methyl sites for hydroxylation is 2. The number of carbonyl (C=O) groups is 1. The maximum absolute atomic E-state index is 14.2. The fourth-order valence-electron chi connectivity index (χ4n) is 4.19. The number of rotatable bonds is 5. The summed E-state index contributed by atoms with van der Waals surface area (Å²) in [5, 5.41) is 2.99. The van der Waals surface area contributed by atoms with Crippen LogP contribution in [-0.2, 0) is 11.8 Å². The highest BCUT2D eigenvalue weighted by Gasteiger charge is 2.26. The number of nitrogens with one attached hydrogen (secondary N) is 1. The van der Waals surface area contributed by atoms with Gasteiger partial charge in [0.2, 0.25) is 5.95 Å². The van der Waals surface area contributed by atoms with Crippen molar-refractivity contribution in [2.75, 3.05) is 12.4 Å². The molecule has 2 heterocycles. The van der Waals surface area contributed by atoms with Gasteiger partial charge in [-0.05, 0) is 50.3 Å². The first-order valence-electron chi connectivity index (χ1n) is 10.1. The van der Waals surface area contributed by atoms with Gasteiger partial charge in [-0.1, -0.05) is 0 Å². The Hall–Kier alpha value is -3.27. The largest absolute Gasteiger partial charge is 0.381 e. The number of anilines is 2. The van der Waals surface area contributed by atoms with Gasteiger partial charge in [0.05, 0.1) is 17.9 Å². The van der Waals surface area contributed by atoms with Gasteiger partial charge >= 0.3 is 5.69 Å². The molecule has 1 aromatic carbocycles. The van der Waals surface area contributed by atoms with Crippen LogP contribution in [-0.4, -0.2) is 38.2 Å². The summed E-state index contributed by atoms with van der Waals surface area (Å²) in [6, 6.07) is 2.59. The van der Waals surface area contributed by atoms with Gasteiger partial charge in [-0.2, -0.15) is 4.98 Å². The Bertz CT molecular complexity index is 1210. The number of ether oxygens (including phenoxy) is 1. The molecule has 0 bridgehead atoms. The number of hydrogen-bond donors (Lipinski definition) is 2. The Labute approximate surface area is 178 Å². The molecular weight excluding hydrogens is 403 g/mol. The summed E-state index contributed by atoms with van der Waals surface area (Å²) >= 11 is 0. The monoisotopic (exact) mass is 428 g/mol. The minimum atomic E-state index is -0.832. The Morgan fingerprint density at radius 1 is 1.29 bits per heavy atom. The van der Waals surface area contributed by atoms with E-state index in [0.29, 0.717) is 22.4 Å².